The van der Waals surface area contributed by atoms with E-state index in [4.69, 9.17) is 4.74 Å². The van der Waals surface area contributed by atoms with Crippen molar-refractivity contribution in [3.05, 3.63) is 63.3 Å². The number of carbonyl (C=O) groups excluding carboxylic acids is 2. The summed E-state index contributed by atoms with van der Waals surface area (Å²) in [6.07, 6.45) is 0. The summed E-state index contributed by atoms with van der Waals surface area (Å²) in [7, 11) is 1.87. The molecule has 0 N–H and O–H groups in total. The molecule has 0 bridgehead atoms. The summed E-state index contributed by atoms with van der Waals surface area (Å²) < 4.78 is 8.34. The van der Waals surface area contributed by atoms with Gasteiger partial charge in [0.15, 0.2) is 12.3 Å². The van der Waals surface area contributed by atoms with Gasteiger partial charge in [0.05, 0.1) is 5.39 Å². The number of aromatic nitrogens is 3. The molecule has 0 amide bonds. The van der Waals surface area contributed by atoms with Crippen LogP contribution in [0.25, 0.3) is 10.8 Å². The third kappa shape index (κ3) is 3.28. The van der Waals surface area contributed by atoms with Crippen molar-refractivity contribution in [2.45, 2.75) is 27.3 Å². The van der Waals surface area contributed by atoms with Gasteiger partial charge in [-0.15, -0.1) is 0 Å². The standard InChI is InChI=1S/C20H21N3O4/c1-5-23-19(25)15-9-7-6-8-14(15)18(21-23)20(26)27-11-17(24)16-10-12(2)22(4)13(16)3/h6-10H,5,11H2,1-4H3. The smallest absolute Gasteiger partial charge is 0.359 e. The number of carbonyl (C=O) groups is 2. The van der Waals surface area contributed by atoms with Crippen LogP contribution in [0.4, 0.5) is 0 Å². The van der Waals surface area contributed by atoms with Crippen LogP contribution >= 0.6 is 0 Å². The highest BCUT2D eigenvalue weighted by molar-refractivity contribution is 6.04. The fraction of sp³-hybridized carbons (Fsp3) is 0.300. The van der Waals surface area contributed by atoms with Crippen LogP contribution in [0.5, 0.6) is 0 Å². The Kier molecular flexibility index (Phi) is 4.94. The average Bonchev–Trinajstić information content (AvgIpc) is 2.94. The number of hydrogen-bond donors (Lipinski definition) is 0. The second-order valence-electron chi connectivity index (χ2n) is 6.36. The van der Waals surface area contributed by atoms with E-state index in [1.807, 2.05) is 25.5 Å². The van der Waals surface area contributed by atoms with E-state index in [1.165, 1.54) is 4.68 Å². The van der Waals surface area contributed by atoms with Crippen LogP contribution in [0, 0.1) is 13.8 Å². The average molecular weight is 367 g/mol. The first kappa shape index (κ1) is 18.6. The van der Waals surface area contributed by atoms with Crippen LogP contribution < -0.4 is 5.56 Å². The number of ketones is 1. The summed E-state index contributed by atoms with van der Waals surface area (Å²) >= 11 is 0. The minimum atomic E-state index is -0.730. The van der Waals surface area contributed by atoms with Crippen molar-refractivity contribution in [1.29, 1.82) is 0 Å². The summed E-state index contributed by atoms with van der Waals surface area (Å²) in [4.78, 5) is 37.4. The van der Waals surface area contributed by atoms with Crippen LogP contribution in [0.15, 0.2) is 35.1 Å². The number of nitrogens with zero attached hydrogens (tertiary/aromatic N) is 3. The molecule has 0 aliphatic heterocycles. The third-order valence-corrected chi connectivity index (χ3v) is 4.77. The molecule has 140 valence electrons. The van der Waals surface area contributed by atoms with Crippen molar-refractivity contribution < 1.29 is 14.3 Å². The molecule has 7 heteroatoms. The molecule has 0 aliphatic carbocycles. The van der Waals surface area contributed by atoms with E-state index >= 15 is 0 Å². The maximum atomic E-state index is 12.6. The Bertz CT molecular complexity index is 1110. The largest absolute Gasteiger partial charge is 0.452 e. The lowest BCUT2D eigenvalue weighted by Gasteiger charge is -2.09. The molecule has 0 aliphatic rings. The van der Waals surface area contributed by atoms with Gasteiger partial charge in [0.25, 0.3) is 5.56 Å². The van der Waals surface area contributed by atoms with Crippen molar-refractivity contribution in [3.8, 4) is 0 Å². The van der Waals surface area contributed by atoms with Crippen molar-refractivity contribution in [2.24, 2.45) is 7.05 Å². The molecule has 0 saturated carbocycles. The molecule has 0 saturated heterocycles. The van der Waals surface area contributed by atoms with Gasteiger partial charge in [0.1, 0.15) is 0 Å². The monoisotopic (exact) mass is 367 g/mol. The topological polar surface area (TPSA) is 83.2 Å². The fourth-order valence-electron chi connectivity index (χ4n) is 3.02. The summed E-state index contributed by atoms with van der Waals surface area (Å²) in [5.41, 5.74) is 2.05. The van der Waals surface area contributed by atoms with Crippen molar-refractivity contribution >= 4 is 22.5 Å². The van der Waals surface area contributed by atoms with Gasteiger partial charge in [-0.1, -0.05) is 18.2 Å². The molecular formula is C20H21N3O4. The zero-order chi connectivity index (χ0) is 19.7. The van der Waals surface area contributed by atoms with Crippen LogP contribution in [-0.4, -0.2) is 32.7 Å². The van der Waals surface area contributed by atoms with Crippen molar-refractivity contribution in [3.63, 3.8) is 0 Å². The van der Waals surface area contributed by atoms with Crippen molar-refractivity contribution in [1.82, 2.24) is 14.3 Å². The Morgan fingerprint density at radius 2 is 1.81 bits per heavy atom. The minimum Gasteiger partial charge on any atom is -0.452 e. The summed E-state index contributed by atoms with van der Waals surface area (Å²) in [6.45, 7) is 5.45. The van der Waals surface area contributed by atoms with Crippen LogP contribution in [-0.2, 0) is 18.3 Å². The maximum Gasteiger partial charge on any atom is 0.359 e. The number of hydrogen-bond acceptors (Lipinski definition) is 5. The molecule has 0 atom stereocenters. The van der Waals surface area contributed by atoms with E-state index < -0.39 is 5.97 Å². The number of ether oxygens (including phenoxy) is 1. The maximum absolute atomic E-state index is 12.6. The van der Waals surface area contributed by atoms with Crippen LogP contribution in [0.2, 0.25) is 0 Å². The summed E-state index contributed by atoms with van der Waals surface area (Å²) in [6, 6.07) is 8.51. The highest BCUT2D eigenvalue weighted by atomic mass is 16.5. The van der Waals surface area contributed by atoms with E-state index in [1.54, 1.807) is 37.3 Å². The Morgan fingerprint density at radius 1 is 1.15 bits per heavy atom. The van der Waals surface area contributed by atoms with E-state index in [2.05, 4.69) is 5.10 Å². The van der Waals surface area contributed by atoms with Gasteiger partial charge in [-0.3, -0.25) is 9.59 Å². The Hall–Kier alpha value is -3.22. The van der Waals surface area contributed by atoms with Gasteiger partial charge in [0, 0.05) is 35.9 Å². The molecule has 27 heavy (non-hydrogen) atoms. The third-order valence-electron chi connectivity index (χ3n) is 4.77. The molecule has 2 heterocycles. The fourth-order valence-corrected chi connectivity index (χ4v) is 3.02. The predicted octanol–water partition coefficient (Wildman–Crippen LogP) is 2.41. The number of benzene rings is 1. The molecule has 0 radical (unpaired) electrons. The van der Waals surface area contributed by atoms with Gasteiger partial charge in [-0.05, 0) is 32.9 Å². The summed E-state index contributed by atoms with van der Waals surface area (Å²) in [5.74, 6) is -1.01. The van der Waals surface area contributed by atoms with Gasteiger partial charge < -0.3 is 9.30 Å². The molecular weight excluding hydrogens is 346 g/mol. The predicted molar refractivity (Wildman–Crippen MR) is 101 cm³/mol. The van der Waals surface area contributed by atoms with Crippen LogP contribution in [0.3, 0.4) is 0 Å². The van der Waals surface area contributed by atoms with Gasteiger partial charge in [-0.2, -0.15) is 5.10 Å². The highest BCUT2D eigenvalue weighted by Crippen LogP contribution is 2.16. The molecule has 3 rings (SSSR count). The van der Waals surface area contributed by atoms with Gasteiger partial charge in [0.2, 0.25) is 5.78 Å². The zero-order valence-corrected chi connectivity index (χ0v) is 15.8. The zero-order valence-electron chi connectivity index (χ0n) is 15.8. The SMILES string of the molecule is CCn1nc(C(=O)OCC(=O)c2cc(C)n(C)c2C)c2ccccc2c1=O. The van der Waals surface area contributed by atoms with Gasteiger partial charge >= 0.3 is 5.97 Å². The lowest BCUT2D eigenvalue weighted by atomic mass is 10.1. The first-order chi connectivity index (χ1) is 12.8. The quantitative estimate of drug-likeness (QED) is 0.511. The Labute approximate surface area is 156 Å². The molecule has 2 aromatic heterocycles. The number of aryl methyl sites for hydroxylation is 2. The normalized spacial score (nSPS) is 11.0. The molecule has 1 aromatic carbocycles. The second kappa shape index (κ2) is 7.19. The number of fused-ring (bicyclic) bond motifs is 1. The van der Waals surface area contributed by atoms with E-state index in [-0.39, 0.29) is 23.6 Å². The Morgan fingerprint density at radius 3 is 2.41 bits per heavy atom. The molecule has 0 unspecified atom stereocenters. The van der Waals surface area contributed by atoms with Gasteiger partial charge in [-0.25, -0.2) is 9.48 Å². The van der Waals surface area contributed by atoms with Crippen molar-refractivity contribution in [2.75, 3.05) is 6.61 Å². The van der Waals surface area contributed by atoms with Crippen LogP contribution in [0.1, 0.15) is 39.2 Å². The molecule has 0 fully saturated rings. The minimum absolute atomic E-state index is 0.0285. The second-order valence-corrected chi connectivity index (χ2v) is 6.36. The number of esters is 1. The summed E-state index contributed by atoms with van der Waals surface area (Å²) in [5, 5.41) is 4.92. The lowest BCUT2D eigenvalue weighted by molar-refractivity contribution is 0.0468. The first-order valence-electron chi connectivity index (χ1n) is 8.68. The Balaban J connectivity index is 1.88. The molecule has 3 aromatic rings. The highest BCUT2D eigenvalue weighted by Gasteiger charge is 2.20. The molecule has 7 nitrogen and oxygen atoms in total. The lowest BCUT2D eigenvalue weighted by Crippen LogP contribution is -2.26. The number of rotatable bonds is 5. The first-order valence-corrected chi connectivity index (χ1v) is 8.68. The van der Waals surface area contributed by atoms with E-state index in [0.717, 1.165) is 11.4 Å². The molecule has 0 spiro atoms. The van der Waals surface area contributed by atoms with E-state index in [0.29, 0.717) is 22.9 Å². The van der Waals surface area contributed by atoms with E-state index in [9.17, 15) is 14.4 Å². The number of Topliss-reactive ketones (excluding diaryl/α,β-unsaturated/α-hetero) is 1.